The van der Waals surface area contributed by atoms with E-state index in [1.165, 1.54) is 0 Å². The molecule has 0 fully saturated rings. The summed E-state index contributed by atoms with van der Waals surface area (Å²) < 4.78 is 5.54. The predicted octanol–water partition coefficient (Wildman–Crippen LogP) is 1.86. The van der Waals surface area contributed by atoms with Crippen molar-refractivity contribution in [3.63, 3.8) is 0 Å². The monoisotopic (exact) mass is 256 g/mol. The number of hydrogen-bond donors (Lipinski definition) is 2. The van der Waals surface area contributed by atoms with Crippen LogP contribution in [-0.4, -0.2) is 12.5 Å². The van der Waals surface area contributed by atoms with E-state index in [0.717, 1.165) is 5.56 Å². The van der Waals surface area contributed by atoms with Gasteiger partial charge in [0.1, 0.15) is 5.75 Å². The molecule has 0 saturated heterocycles. The van der Waals surface area contributed by atoms with E-state index < -0.39 is 0 Å². The molecule has 0 aromatic heterocycles. The molecule has 4 N–H and O–H groups in total. The van der Waals surface area contributed by atoms with Gasteiger partial charge in [-0.3, -0.25) is 4.79 Å². The van der Waals surface area contributed by atoms with Gasteiger partial charge in [-0.05, 0) is 25.1 Å². The quantitative estimate of drug-likeness (QED) is 0.844. The summed E-state index contributed by atoms with van der Waals surface area (Å²) in [4.78, 5) is 10.9. The van der Waals surface area contributed by atoms with Crippen molar-refractivity contribution in [1.82, 2.24) is 0 Å². The van der Waals surface area contributed by atoms with Crippen LogP contribution >= 0.6 is 11.6 Å². The number of benzene rings is 1. The Morgan fingerprint density at radius 3 is 2.65 bits per heavy atom. The fourth-order valence-corrected chi connectivity index (χ4v) is 1.48. The fraction of sp³-hybridized carbons (Fsp3) is 0.417. The predicted molar refractivity (Wildman–Crippen MR) is 67.9 cm³/mol. The molecule has 0 aliphatic carbocycles. The molecule has 0 bridgehead atoms. The van der Waals surface area contributed by atoms with Crippen molar-refractivity contribution in [3.05, 3.63) is 28.8 Å². The molecule has 1 unspecified atom stereocenters. The largest absolute Gasteiger partial charge is 0.492 e. The molecule has 1 amide bonds. The van der Waals surface area contributed by atoms with Gasteiger partial charge in [-0.1, -0.05) is 18.5 Å². The van der Waals surface area contributed by atoms with Gasteiger partial charge in [-0.25, -0.2) is 0 Å². The molecule has 17 heavy (non-hydrogen) atoms. The Morgan fingerprint density at radius 2 is 2.12 bits per heavy atom. The molecule has 94 valence electrons. The summed E-state index contributed by atoms with van der Waals surface area (Å²) in [6.45, 7) is 3.79. The van der Waals surface area contributed by atoms with Crippen LogP contribution in [0.25, 0.3) is 0 Å². The highest BCUT2D eigenvalue weighted by Gasteiger charge is 2.13. The molecule has 0 aliphatic rings. The van der Waals surface area contributed by atoms with Crippen molar-refractivity contribution in [3.8, 4) is 5.75 Å². The first-order chi connectivity index (χ1) is 7.91. The smallest absolute Gasteiger partial charge is 0.223 e. The van der Waals surface area contributed by atoms with E-state index >= 15 is 0 Å². The van der Waals surface area contributed by atoms with Crippen LogP contribution in [0.15, 0.2) is 18.2 Å². The van der Waals surface area contributed by atoms with E-state index in [1.807, 2.05) is 6.92 Å². The minimum Gasteiger partial charge on any atom is -0.492 e. The zero-order chi connectivity index (χ0) is 13.0. The molecule has 0 saturated carbocycles. The highest BCUT2D eigenvalue weighted by Crippen LogP contribution is 2.27. The highest BCUT2D eigenvalue weighted by atomic mass is 35.5. The minimum atomic E-state index is -0.388. The van der Waals surface area contributed by atoms with Gasteiger partial charge < -0.3 is 16.2 Å². The topological polar surface area (TPSA) is 78.3 Å². The van der Waals surface area contributed by atoms with Gasteiger partial charge >= 0.3 is 0 Å². The number of halogens is 1. The number of nitrogens with two attached hydrogens (primary N) is 2. The van der Waals surface area contributed by atoms with Crippen LogP contribution < -0.4 is 16.2 Å². The zero-order valence-electron chi connectivity index (χ0n) is 9.94. The molecule has 1 aromatic rings. The van der Waals surface area contributed by atoms with Crippen molar-refractivity contribution < 1.29 is 9.53 Å². The van der Waals surface area contributed by atoms with E-state index in [9.17, 15) is 4.79 Å². The van der Waals surface area contributed by atoms with E-state index in [1.54, 1.807) is 25.1 Å². The molecule has 0 spiro atoms. The maximum absolute atomic E-state index is 10.9. The first kappa shape index (κ1) is 13.8. The Bertz CT molecular complexity index is 407. The standard InChI is InChI=1S/C12H17ClN2O2/c1-7(12(15)16)6-17-11-4-3-9(13)5-10(11)8(2)14/h3-5,7-8H,6,14H2,1-2H3,(H2,15,16)/t7?,8-/m0/s1. The van der Waals surface area contributed by atoms with Crippen molar-refractivity contribution in [2.24, 2.45) is 17.4 Å². The number of rotatable bonds is 5. The third-order valence-corrected chi connectivity index (χ3v) is 2.67. The molecule has 1 rings (SSSR count). The van der Waals surface area contributed by atoms with E-state index in [0.29, 0.717) is 10.8 Å². The fourth-order valence-electron chi connectivity index (χ4n) is 1.30. The molecule has 1 aromatic carbocycles. The number of hydrogen-bond acceptors (Lipinski definition) is 3. The summed E-state index contributed by atoms with van der Waals surface area (Å²) in [5, 5.41) is 0.604. The average molecular weight is 257 g/mol. The Hall–Kier alpha value is -1.26. The number of carbonyl (C=O) groups is 1. The van der Waals surface area contributed by atoms with Gasteiger partial charge in [0.25, 0.3) is 0 Å². The van der Waals surface area contributed by atoms with Gasteiger partial charge in [0, 0.05) is 16.6 Å². The van der Waals surface area contributed by atoms with Crippen LogP contribution in [0.2, 0.25) is 5.02 Å². The number of ether oxygens (including phenoxy) is 1. The summed E-state index contributed by atoms with van der Waals surface area (Å²) in [6.07, 6.45) is 0. The Labute approximate surface area is 106 Å². The van der Waals surface area contributed by atoms with Crippen LogP contribution in [0.4, 0.5) is 0 Å². The molecule has 0 heterocycles. The van der Waals surface area contributed by atoms with Crippen LogP contribution in [0.3, 0.4) is 0 Å². The summed E-state index contributed by atoms with van der Waals surface area (Å²) in [5.74, 6) is -0.0922. The molecule has 0 aliphatic heterocycles. The van der Waals surface area contributed by atoms with Crippen LogP contribution in [0.1, 0.15) is 25.5 Å². The second kappa shape index (κ2) is 5.89. The van der Waals surface area contributed by atoms with Gasteiger partial charge in [0.15, 0.2) is 0 Å². The second-order valence-electron chi connectivity index (χ2n) is 4.09. The van der Waals surface area contributed by atoms with Crippen molar-refractivity contribution >= 4 is 17.5 Å². The lowest BCUT2D eigenvalue weighted by Gasteiger charge is -2.16. The van der Waals surface area contributed by atoms with E-state index in [-0.39, 0.29) is 24.5 Å². The van der Waals surface area contributed by atoms with Crippen LogP contribution in [0, 0.1) is 5.92 Å². The Morgan fingerprint density at radius 1 is 1.47 bits per heavy atom. The lowest BCUT2D eigenvalue weighted by Crippen LogP contribution is -2.26. The summed E-state index contributed by atoms with van der Waals surface area (Å²) in [6, 6.07) is 5.04. The van der Waals surface area contributed by atoms with Crippen molar-refractivity contribution in [2.45, 2.75) is 19.9 Å². The molecular formula is C12H17ClN2O2. The lowest BCUT2D eigenvalue weighted by atomic mass is 10.1. The normalized spacial score (nSPS) is 14.1. The van der Waals surface area contributed by atoms with Gasteiger partial charge in [-0.2, -0.15) is 0 Å². The third kappa shape index (κ3) is 3.91. The van der Waals surface area contributed by atoms with Crippen molar-refractivity contribution in [1.29, 1.82) is 0 Å². The molecule has 4 nitrogen and oxygen atoms in total. The van der Waals surface area contributed by atoms with Crippen molar-refractivity contribution in [2.75, 3.05) is 6.61 Å². The Balaban J connectivity index is 2.80. The summed E-state index contributed by atoms with van der Waals surface area (Å²) >= 11 is 5.89. The SMILES string of the molecule is CC(COc1ccc(Cl)cc1[C@H](C)N)C(N)=O. The first-order valence-electron chi connectivity index (χ1n) is 5.39. The van der Waals surface area contributed by atoms with Gasteiger partial charge in [0.2, 0.25) is 5.91 Å². The third-order valence-electron chi connectivity index (χ3n) is 2.44. The minimum absolute atomic E-state index is 0.187. The number of carbonyl (C=O) groups excluding carboxylic acids is 1. The van der Waals surface area contributed by atoms with Gasteiger partial charge in [0.05, 0.1) is 12.5 Å². The number of amides is 1. The van der Waals surface area contributed by atoms with E-state index in [4.69, 9.17) is 27.8 Å². The van der Waals surface area contributed by atoms with Crippen LogP contribution in [-0.2, 0) is 4.79 Å². The number of primary amides is 1. The first-order valence-corrected chi connectivity index (χ1v) is 5.76. The van der Waals surface area contributed by atoms with E-state index in [2.05, 4.69) is 0 Å². The molecule has 5 heteroatoms. The molecular weight excluding hydrogens is 240 g/mol. The maximum atomic E-state index is 10.9. The molecule has 2 atom stereocenters. The Kier molecular flexibility index (Phi) is 4.78. The molecule has 0 radical (unpaired) electrons. The highest BCUT2D eigenvalue weighted by molar-refractivity contribution is 6.30. The van der Waals surface area contributed by atoms with Gasteiger partial charge in [-0.15, -0.1) is 0 Å². The zero-order valence-corrected chi connectivity index (χ0v) is 10.7. The second-order valence-corrected chi connectivity index (χ2v) is 4.52. The summed E-state index contributed by atoms with van der Waals surface area (Å²) in [5.41, 5.74) is 11.8. The maximum Gasteiger partial charge on any atom is 0.223 e. The lowest BCUT2D eigenvalue weighted by molar-refractivity contribution is -0.122. The van der Waals surface area contributed by atoms with Crippen LogP contribution in [0.5, 0.6) is 5.75 Å². The summed E-state index contributed by atoms with van der Waals surface area (Å²) in [7, 11) is 0. The average Bonchev–Trinajstić information content (AvgIpc) is 2.26.